The van der Waals surface area contributed by atoms with Crippen LogP contribution >= 0.6 is 34.7 Å². The SMILES string of the molecule is COc1cc(OC)c(NCC2CCC(=O)N2CCSc2nc(C(=O)O)cs2)cc1Cl. The summed E-state index contributed by atoms with van der Waals surface area (Å²) in [4.78, 5) is 29.2. The highest BCUT2D eigenvalue weighted by Crippen LogP contribution is 2.36. The summed E-state index contributed by atoms with van der Waals surface area (Å²) >= 11 is 8.98. The lowest BCUT2D eigenvalue weighted by molar-refractivity contribution is -0.128. The van der Waals surface area contributed by atoms with Gasteiger partial charge in [-0.05, 0) is 12.5 Å². The zero-order valence-electron chi connectivity index (χ0n) is 16.5. The molecule has 2 aromatic rings. The van der Waals surface area contributed by atoms with E-state index in [1.165, 1.54) is 28.5 Å². The van der Waals surface area contributed by atoms with Crippen LogP contribution in [-0.4, -0.2) is 66.0 Å². The van der Waals surface area contributed by atoms with Gasteiger partial charge in [-0.1, -0.05) is 23.4 Å². The summed E-state index contributed by atoms with van der Waals surface area (Å²) in [5, 5.41) is 14.3. The van der Waals surface area contributed by atoms with E-state index in [0.29, 0.717) is 46.1 Å². The molecule has 1 saturated heterocycles. The van der Waals surface area contributed by atoms with Crippen LogP contribution in [0.15, 0.2) is 21.9 Å². The minimum absolute atomic E-state index is 0.0499. The minimum Gasteiger partial charge on any atom is -0.495 e. The minimum atomic E-state index is -1.03. The summed E-state index contributed by atoms with van der Waals surface area (Å²) in [5.74, 6) is 0.871. The molecule has 2 heterocycles. The summed E-state index contributed by atoms with van der Waals surface area (Å²) < 4.78 is 11.3. The van der Waals surface area contributed by atoms with Crippen molar-refractivity contribution in [2.75, 3.05) is 38.4 Å². The molecule has 11 heteroatoms. The molecule has 0 bridgehead atoms. The number of halogens is 1. The molecule has 1 fully saturated rings. The number of anilines is 1. The van der Waals surface area contributed by atoms with Gasteiger partial charge >= 0.3 is 5.97 Å². The number of carboxylic acid groups (broad SMARTS) is 1. The topological polar surface area (TPSA) is 101 Å². The first-order valence-corrected chi connectivity index (χ1v) is 11.4. The molecule has 0 spiro atoms. The van der Waals surface area contributed by atoms with Crippen LogP contribution < -0.4 is 14.8 Å². The largest absolute Gasteiger partial charge is 0.495 e. The van der Waals surface area contributed by atoms with Gasteiger partial charge in [0.15, 0.2) is 10.0 Å². The number of carbonyl (C=O) groups is 2. The van der Waals surface area contributed by atoms with Crippen molar-refractivity contribution in [2.45, 2.75) is 23.2 Å². The number of carbonyl (C=O) groups excluding carboxylic acids is 1. The zero-order chi connectivity index (χ0) is 21.7. The molecule has 30 heavy (non-hydrogen) atoms. The highest BCUT2D eigenvalue weighted by atomic mass is 35.5. The van der Waals surface area contributed by atoms with Crippen molar-refractivity contribution < 1.29 is 24.2 Å². The number of benzene rings is 1. The number of thioether (sulfide) groups is 1. The maximum absolute atomic E-state index is 12.3. The number of nitrogens with zero attached hydrogens (tertiary/aromatic N) is 2. The Hall–Kier alpha value is -2.17. The summed E-state index contributed by atoms with van der Waals surface area (Å²) in [6.45, 7) is 1.13. The lowest BCUT2D eigenvalue weighted by atomic mass is 10.2. The Morgan fingerprint density at radius 1 is 1.40 bits per heavy atom. The third kappa shape index (κ3) is 5.30. The molecule has 1 atom stereocenters. The van der Waals surface area contributed by atoms with Crippen LogP contribution in [-0.2, 0) is 4.79 Å². The van der Waals surface area contributed by atoms with Crippen molar-refractivity contribution in [1.29, 1.82) is 0 Å². The monoisotopic (exact) mass is 471 g/mol. The van der Waals surface area contributed by atoms with E-state index in [9.17, 15) is 9.59 Å². The van der Waals surface area contributed by atoms with Crippen molar-refractivity contribution >= 4 is 52.3 Å². The number of rotatable bonds is 10. The maximum Gasteiger partial charge on any atom is 0.355 e. The Balaban J connectivity index is 1.57. The van der Waals surface area contributed by atoms with Gasteiger partial charge in [0.1, 0.15) is 11.5 Å². The van der Waals surface area contributed by atoms with Crippen molar-refractivity contribution in [2.24, 2.45) is 0 Å². The fourth-order valence-corrected chi connectivity index (χ4v) is 5.24. The molecular weight excluding hydrogens is 450 g/mol. The molecule has 1 aliphatic rings. The Morgan fingerprint density at radius 2 is 2.17 bits per heavy atom. The average Bonchev–Trinajstić information content (AvgIpc) is 3.34. The number of thiazole rings is 1. The molecule has 0 aliphatic carbocycles. The number of methoxy groups -OCH3 is 2. The number of hydrogen-bond donors (Lipinski definition) is 2. The summed E-state index contributed by atoms with van der Waals surface area (Å²) in [6.07, 6.45) is 1.28. The molecule has 2 N–H and O–H groups in total. The van der Waals surface area contributed by atoms with Gasteiger partial charge in [0.05, 0.1) is 24.9 Å². The summed E-state index contributed by atoms with van der Waals surface area (Å²) in [6, 6.07) is 3.52. The first-order valence-electron chi connectivity index (χ1n) is 9.19. The number of aromatic nitrogens is 1. The molecule has 0 saturated carbocycles. The molecule has 0 radical (unpaired) electrons. The second-order valence-corrected chi connectivity index (χ2v) is 9.11. The fraction of sp³-hybridized carbons (Fsp3) is 0.421. The maximum atomic E-state index is 12.3. The van der Waals surface area contributed by atoms with Crippen LogP contribution in [0.1, 0.15) is 23.3 Å². The van der Waals surface area contributed by atoms with Crippen molar-refractivity contribution in [3.63, 3.8) is 0 Å². The van der Waals surface area contributed by atoms with E-state index in [1.54, 1.807) is 26.4 Å². The molecule has 8 nitrogen and oxygen atoms in total. The Kier molecular flexibility index (Phi) is 7.68. The quantitative estimate of drug-likeness (QED) is 0.506. The predicted molar refractivity (Wildman–Crippen MR) is 118 cm³/mol. The predicted octanol–water partition coefficient (Wildman–Crippen LogP) is 3.71. The Bertz CT molecular complexity index is 924. The first-order chi connectivity index (χ1) is 14.4. The second kappa shape index (κ2) is 10.2. The molecular formula is C19H22ClN3O5S2. The van der Waals surface area contributed by atoms with Gasteiger partial charge in [-0.2, -0.15) is 0 Å². The number of aromatic carboxylic acids is 1. The number of likely N-dealkylation sites (tertiary alicyclic amines) is 1. The van der Waals surface area contributed by atoms with E-state index in [1.807, 2.05) is 4.90 Å². The number of nitrogens with one attached hydrogen (secondary N) is 1. The number of ether oxygens (including phenoxy) is 2. The van der Waals surface area contributed by atoms with Gasteiger partial charge < -0.3 is 24.8 Å². The van der Waals surface area contributed by atoms with Crippen LogP contribution in [0.25, 0.3) is 0 Å². The van der Waals surface area contributed by atoms with Gasteiger partial charge in [-0.3, -0.25) is 4.79 Å². The van der Waals surface area contributed by atoms with Gasteiger partial charge in [0, 0.05) is 42.8 Å². The van der Waals surface area contributed by atoms with Crippen LogP contribution in [0.5, 0.6) is 11.5 Å². The Morgan fingerprint density at radius 3 is 2.83 bits per heavy atom. The van der Waals surface area contributed by atoms with E-state index >= 15 is 0 Å². The highest BCUT2D eigenvalue weighted by Gasteiger charge is 2.30. The molecule has 162 valence electrons. The molecule has 1 unspecified atom stereocenters. The van der Waals surface area contributed by atoms with E-state index in [0.717, 1.165) is 12.1 Å². The van der Waals surface area contributed by atoms with Crippen molar-refractivity contribution in [3.05, 3.63) is 28.2 Å². The van der Waals surface area contributed by atoms with Crippen molar-refractivity contribution in [3.8, 4) is 11.5 Å². The van der Waals surface area contributed by atoms with E-state index in [-0.39, 0.29) is 17.6 Å². The number of carboxylic acids is 1. The third-order valence-electron chi connectivity index (χ3n) is 4.71. The Labute approximate surface area is 187 Å². The number of hydrogen-bond acceptors (Lipinski definition) is 8. The molecule has 1 aromatic heterocycles. The van der Waals surface area contributed by atoms with Crippen molar-refractivity contribution in [1.82, 2.24) is 9.88 Å². The van der Waals surface area contributed by atoms with Crippen LogP contribution in [0.4, 0.5) is 5.69 Å². The standard InChI is InChI=1S/C19H22ClN3O5S2/c1-27-15-8-16(28-2)13(7-12(15)20)21-9-11-3-4-17(24)23(11)5-6-29-19-22-14(10-30-19)18(25)26/h7-8,10-11,21H,3-6,9H2,1-2H3,(H,25,26). The average molecular weight is 472 g/mol. The molecule has 3 rings (SSSR count). The van der Waals surface area contributed by atoms with Gasteiger partial charge in [-0.15, -0.1) is 11.3 Å². The second-order valence-electron chi connectivity index (χ2n) is 6.50. The van der Waals surface area contributed by atoms with Crippen LogP contribution in [0, 0.1) is 0 Å². The lowest BCUT2D eigenvalue weighted by Crippen LogP contribution is -2.39. The molecule has 1 aliphatic heterocycles. The fourth-order valence-electron chi connectivity index (χ4n) is 3.19. The van der Waals surface area contributed by atoms with Crippen LogP contribution in [0.2, 0.25) is 5.02 Å². The lowest BCUT2D eigenvalue weighted by Gasteiger charge is -2.25. The zero-order valence-corrected chi connectivity index (χ0v) is 18.9. The molecule has 1 amide bonds. The number of amides is 1. The van der Waals surface area contributed by atoms with E-state index in [2.05, 4.69) is 10.3 Å². The molecule has 1 aromatic carbocycles. The third-order valence-corrected chi connectivity index (χ3v) is 7.01. The first kappa shape index (κ1) is 22.5. The van der Waals surface area contributed by atoms with Gasteiger partial charge in [0.2, 0.25) is 5.91 Å². The summed E-state index contributed by atoms with van der Waals surface area (Å²) in [5.41, 5.74) is 0.787. The normalized spacial score (nSPS) is 16.0. The van der Waals surface area contributed by atoms with Crippen LogP contribution in [0.3, 0.4) is 0 Å². The summed E-state index contributed by atoms with van der Waals surface area (Å²) in [7, 11) is 3.12. The van der Waals surface area contributed by atoms with Gasteiger partial charge in [0.25, 0.3) is 0 Å². The van der Waals surface area contributed by atoms with Gasteiger partial charge in [-0.25, -0.2) is 9.78 Å². The van der Waals surface area contributed by atoms with E-state index in [4.69, 9.17) is 26.2 Å². The highest BCUT2D eigenvalue weighted by molar-refractivity contribution is 8.01. The van der Waals surface area contributed by atoms with E-state index < -0.39 is 5.97 Å². The smallest absolute Gasteiger partial charge is 0.355 e.